The van der Waals surface area contributed by atoms with Gasteiger partial charge in [0.1, 0.15) is 0 Å². The van der Waals surface area contributed by atoms with E-state index in [2.05, 4.69) is 48.7 Å². The van der Waals surface area contributed by atoms with Crippen LogP contribution in [-0.4, -0.2) is 18.5 Å². The highest BCUT2D eigenvalue weighted by molar-refractivity contribution is 5.78. The summed E-state index contributed by atoms with van der Waals surface area (Å²) in [6, 6.07) is 11.0. The maximum atomic E-state index is 12.1. The van der Waals surface area contributed by atoms with Gasteiger partial charge in [-0.3, -0.25) is 4.79 Å². The summed E-state index contributed by atoms with van der Waals surface area (Å²) in [5.41, 5.74) is 1.25. The van der Waals surface area contributed by atoms with Gasteiger partial charge in [0.15, 0.2) is 0 Å². The standard InChI is InChI=1S/C18H28N2O/c1-14(2)18(15-9-5-3-6-10-15)19-13-17(21)20-16-11-7-4-8-12-16/h3,5-6,9-10,14,16,18-19H,4,7-8,11-13H2,1-2H3,(H,20,21). The van der Waals surface area contributed by atoms with Gasteiger partial charge in [0, 0.05) is 12.1 Å². The molecule has 21 heavy (non-hydrogen) atoms. The first-order chi connectivity index (χ1) is 10.2. The maximum absolute atomic E-state index is 12.1. The van der Waals surface area contributed by atoms with Crippen LogP contribution in [0.3, 0.4) is 0 Å². The highest BCUT2D eigenvalue weighted by atomic mass is 16.1. The second kappa shape index (κ2) is 8.18. The SMILES string of the molecule is CC(C)C(NCC(=O)NC1CCCCC1)c1ccccc1. The van der Waals surface area contributed by atoms with Crippen molar-refractivity contribution in [1.29, 1.82) is 0 Å². The first-order valence-corrected chi connectivity index (χ1v) is 8.24. The molecule has 0 bridgehead atoms. The van der Waals surface area contributed by atoms with Gasteiger partial charge in [-0.1, -0.05) is 63.4 Å². The van der Waals surface area contributed by atoms with Crippen LogP contribution < -0.4 is 10.6 Å². The zero-order valence-corrected chi connectivity index (χ0v) is 13.3. The van der Waals surface area contributed by atoms with Crippen molar-refractivity contribution in [1.82, 2.24) is 10.6 Å². The van der Waals surface area contributed by atoms with E-state index >= 15 is 0 Å². The van der Waals surface area contributed by atoms with Gasteiger partial charge >= 0.3 is 0 Å². The molecule has 1 aromatic carbocycles. The number of hydrogen-bond donors (Lipinski definition) is 2. The molecule has 1 aromatic rings. The van der Waals surface area contributed by atoms with E-state index < -0.39 is 0 Å². The highest BCUT2D eigenvalue weighted by Gasteiger charge is 2.18. The fourth-order valence-corrected chi connectivity index (χ4v) is 3.13. The van der Waals surface area contributed by atoms with Crippen LogP contribution in [0.15, 0.2) is 30.3 Å². The average molecular weight is 288 g/mol. The second-order valence-corrected chi connectivity index (χ2v) is 6.42. The Morgan fingerprint density at radius 1 is 1.14 bits per heavy atom. The molecule has 1 fully saturated rings. The summed E-state index contributed by atoms with van der Waals surface area (Å²) in [5.74, 6) is 0.582. The first-order valence-electron chi connectivity index (χ1n) is 8.24. The molecule has 116 valence electrons. The zero-order chi connectivity index (χ0) is 15.1. The lowest BCUT2D eigenvalue weighted by molar-refractivity contribution is -0.121. The van der Waals surface area contributed by atoms with Gasteiger partial charge < -0.3 is 10.6 Å². The number of carbonyl (C=O) groups excluding carboxylic acids is 1. The summed E-state index contributed by atoms with van der Waals surface area (Å²) in [6.07, 6.45) is 6.08. The molecule has 1 aliphatic rings. The Bertz CT molecular complexity index is 424. The van der Waals surface area contributed by atoms with Crippen molar-refractivity contribution in [2.75, 3.05) is 6.54 Å². The number of benzene rings is 1. The van der Waals surface area contributed by atoms with E-state index in [1.54, 1.807) is 0 Å². The zero-order valence-electron chi connectivity index (χ0n) is 13.3. The number of hydrogen-bond acceptors (Lipinski definition) is 2. The number of amides is 1. The largest absolute Gasteiger partial charge is 0.352 e. The molecular weight excluding hydrogens is 260 g/mol. The molecule has 2 rings (SSSR count). The molecule has 1 saturated carbocycles. The van der Waals surface area contributed by atoms with Crippen molar-refractivity contribution in [3.8, 4) is 0 Å². The topological polar surface area (TPSA) is 41.1 Å². The second-order valence-electron chi connectivity index (χ2n) is 6.42. The molecule has 3 heteroatoms. The van der Waals surface area contributed by atoms with Gasteiger partial charge in [-0.25, -0.2) is 0 Å². The predicted molar refractivity (Wildman–Crippen MR) is 87.0 cm³/mol. The molecule has 1 amide bonds. The molecule has 0 spiro atoms. The maximum Gasteiger partial charge on any atom is 0.234 e. The van der Waals surface area contributed by atoms with Gasteiger partial charge in [-0.05, 0) is 24.3 Å². The van der Waals surface area contributed by atoms with E-state index in [-0.39, 0.29) is 11.9 Å². The Kier molecular flexibility index (Phi) is 6.24. The lowest BCUT2D eigenvalue weighted by Gasteiger charge is -2.25. The van der Waals surface area contributed by atoms with Crippen LogP contribution in [0.5, 0.6) is 0 Å². The Labute approximate surface area is 128 Å². The van der Waals surface area contributed by atoms with E-state index in [9.17, 15) is 4.79 Å². The Morgan fingerprint density at radius 3 is 2.43 bits per heavy atom. The normalized spacial score (nSPS) is 17.7. The summed E-state index contributed by atoms with van der Waals surface area (Å²) in [4.78, 5) is 12.1. The van der Waals surface area contributed by atoms with Crippen LogP contribution in [0.25, 0.3) is 0 Å². The molecule has 0 saturated heterocycles. The quantitative estimate of drug-likeness (QED) is 0.842. The van der Waals surface area contributed by atoms with Crippen molar-refractivity contribution in [2.45, 2.75) is 58.0 Å². The lowest BCUT2D eigenvalue weighted by Crippen LogP contribution is -2.42. The van der Waals surface area contributed by atoms with Crippen LogP contribution in [-0.2, 0) is 4.79 Å². The monoisotopic (exact) mass is 288 g/mol. The minimum absolute atomic E-state index is 0.128. The van der Waals surface area contributed by atoms with Crippen molar-refractivity contribution in [2.24, 2.45) is 5.92 Å². The number of rotatable bonds is 6. The van der Waals surface area contributed by atoms with E-state index in [1.807, 2.05) is 6.07 Å². The van der Waals surface area contributed by atoms with Crippen molar-refractivity contribution >= 4 is 5.91 Å². The molecule has 0 aromatic heterocycles. The Balaban J connectivity index is 1.82. The van der Waals surface area contributed by atoms with Gasteiger partial charge in [0.25, 0.3) is 0 Å². The van der Waals surface area contributed by atoms with E-state index in [1.165, 1.54) is 24.8 Å². The third kappa shape index (κ3) is 5.16. The summed E-state index contributed by atoms with van der Waals surface area (Å²) >= 11 is 0. The molecule has 0 aliphatic heterocycles. The van der Waals surface area contributed by atoms with Crippen molar-refractivity contribution in [3.05, 3.63) is 35.9 Å². The van der Waals surface area contributed by atoms with E-state index in [4.69, 9.17) is 0 Å². The third-order valence-corrected chi connectivity index (χ3v) is 4.28. The van der Waals surface area contributed by atoms with Crippen LogP contribution in [0.1, 0.15) is 57.6 Å². The summed E-state index contributed by atoms with van der Waals surface area (Å²) in [7, 11) is 0. The molecular formula is C18H28N2O. The van der Waals surface area contributed by atoms with Crippen molar-refractivity contribution < 1.29 is 4.79 Å². The summed E-state index contributed by atoms with van der Waals surface area (Å²) in [6.45, 7) is 4.77. The van der Waals surface area contributed by atoms with E-state index in [0.29, 0.717) is 18.5 Å². The van der Waals surface area contributed by atoms with Crippen LogP contribution in [0.2, 0.25) is 0 Å². The summed E-state index contributed by atoms with van der Waals surface area (Å²) in [5, 5.41) is 6.58. The molecule has 2 N–H and O–H groups in total. The fourth-order valence-electron chi connectivity index (χ4n) is 3.13. The first kappa shape index (κ1) is 16.0. The van der Waals surface area contributed by atoms with Gasteiger partial charge in [0.2, 0.25) is 5.91 Å². The average Bonchev–Trinajstić information content (AvgIpc) is 2.49. The lowest BCUT2D eigenvalue weighted by atomic mass is 9.95. The van der Waals surface area contributed by atoms with Crippen LogP contribution in [0.4, 0.5) is 0 Å². The molecule has 3 nitrogen and oxygen atoms in total. The molecule has 1 atom stereocenters. The molecule has 1 unspecified atom stereocenters. The fraction of sp³-hybridized carbons (Fsp3) is 0.611. The van der Waals surface area contributed by atoms with Crippen molar-refractivity contribution in [3.63, 3.8) is 0 Å². The highest BCUT2D eigenvalue weighted by Crippen LogP contribution is 2.21. The summed E-state index contributed by atoms with van der Waals surface area (Å²) < 4.78 is 0. The predicted octanol–water partition coefficient (Wildman–Crippen LogP) is 3.42. The van der Waals surface area contributed by atoms with E-state index in [0.717, 1.165) is 12.8 Å². The third-order valence-electron chi connectivity index (χ3n) is 4.28. The molecule has 0 heterocycles. The van der Waals surface area contributed by atoms with Crippen LogP contribution >= 0.6 is 0 Å². The Morgan fingerprint density at radius 2 is 1.81 bits per heavy atom. The van der Waals surface area contributed by atoms with Gasteiger partial charge in [-0.2, -0.15) is 0 Å². The smallest absolute Gasteiger partial charge is 0.234 e. The minimum atomic E-state index is 0.128. The van der Waals surface area contributed by atoms with Gasteiger partial charge in [-0.15, -0.1) is 0 Å². The van der Waals surface area contributed by atoms with Crippen LogP contribution in [0, 0.1) is 5.92 Å². The molecule has 1 aliphatic carbocycles. The molecule has 0 radical (unpaired) electrons. The van der Waals surface area contributed by atoms with Gasteiger partial charge in [0.05, 0.1) is 6.54 Å². The number of nitrogens with one attached hydrogen (secondary N) is 2. The Hall–Kier alpha value is -1.35. The number of carbonyl (C=O) groups is 1. The minimum Gasteiger partial charge on any atom is -0.352 e.